The van der Waals surface area contributed by atoms with E-state index in [9.17, 15) is 19.1 Å². The molecule has 3 N–H and O–H groups in total. The van der Waals surface area contributed by atoms with Crippen LogP contribution in [0.2, 0.25) is 5.15 Å². The van der Waals surface area contributed by atoms with E-state index in [1.54, 1.807) is 29.2 Å². The van der Waals surface area contributed by atoms with Gasteiger partial charge in [-0.05, 0) is 42.7 Å². The molecule has 0 radical (unpaired) electrons. The topological polar surface area (TPSA) is 98.3 Å². The number of aromatic nitrogens is 2. The van der Waals surface area contributed by atoms with E-state index >= 15 is 0 Å². The average Bonchev–Trinajstić information content (AvgIpc) is 3.40. The predicted octanol–water partition coefficient (Wildman–Crippen LogP) is 2.68. The van der Waals surface area contributed by atoms with Crippen molar-refractivity contribution in [2.24, 2.45) is 0 Å². The van der Waals surface area contributed by atoms with Crippen LogP contribution in [0.5, 0.6) is 0 Å². The highest BCUT2D eigenvalue weighted by molar-refractivity contribution is 6.30. The number of carbonyl (C=O) groups is 2. The molecule has 1 aromatic carbocycles. The number of benzene rings is 1. The molecule has 3 aromatic rings. The molecule has 0 spiro atoms. The van der Waals surface area contributed by atoms with Crippen LogP contribution in [-0.4, -0.2) is 57.0 Å². The van der Waals surface area contributed by atoms with Crippen molar-refractivity contribution in [2.45, 2.75) is 31.3 Å². The monoisotopic (exact) mass is 444 g/mol. The van der Waals surface area contributed by atoms with Crippen LogP contribution in [0.3, 0.4) is 0 Å². The summed E-state index contributed by atoms with van der Waals surface area (Å²) in [5, 5.41) is 13.4. The van der Waals surface area contributed by atoms with Crippen LogP contribution in [0.1, 0.15) is 28.9 Å². The summed E-state index contributed by atoms with van der Waals surface area (Å²) >= 11 is 5.91. The number of hydrogen-bond donors (Lipinski definition) is 3. The van der Waals surface area contributed by atoms with Gasteiger partial charge < -0.3 is 20.3 Å². The first-order valence-electron chi connectivity index (χ1n) is 10.1. The van der Waals surface area contributed by atoms with Crippen molar-refractivity contribution >= 4 is 34.3 Å². The zero-order valence-electron chi connectivity index (χ0n) is 16.6. The maximum absolute atomic E-state index is 13.3. The summed E-state index contributed by atoms with van der Waals surface area (Å²) < 4.78 is 13.3. The van der Waals surface area contributed by atoms with Crippen molar-refractivity contribution in [1.82, 2.24) is 20.2 Å². The van der Waals surface area contributed by atoms with Gasteiger partial charge in [0.15, 0.2) is 0 Å². The Balaban J connectivity index is 1.58. The van der Waals surface area contributed by atoms with Crippen LogP contribution in [0, 0.1) is 5.82 Å². The normalized spacial score (nSPS) is 17.1. The Labute approximate surface area is 183 Å². The Morgan fingerprint density at radius 2 is 2.10 bits per heavy atom. The van der Waals surface area contributed by atoms with E-state index < -0.39 is 11.9 Å². The molecule has 3 heterocycles. The van der Waals surface area contributed by atoms with E-state index in [1.807, 2.05) is 0 Å². The maximum atomic E-state index is 13.3. The molecule has 0 saturated carbocycles. The molecule has 2 atom stereocenters. The van der Waals surface area contributed by atoms with Gasteiger partial charge in [-0.2, -0.15) is 0 Å². The first-order chi connectivity index (χ1) is 14.9. The van der Waals surface area contributed by atoms with Crippen LogP contribution in [0.15, 0.2) is 42.6 Å². The number of halogens is 2. The fraction of sp³-hybridized carbons (Fsp3) is 0.318. The van der Waals surface area contributed by atoms with Crippen molar-refractivity contribution in [3.63, 3.8) is 0 Å². The number of aliphatic hydroxyl groups is 1. The number of aliphatic hydroxyl groups excluding tert-OH is 1. The third kappa shape index (κ3) is 4.70. The lowest BCUT2D eigenvalue weighted by Crippen LogP contribution is -2.51. The highest BCUT2D eigenvalue weighted by Crippen LogP contribution is 2.21. The molecule has 31 heavy (non-hydrogen) atoms. The largest absolute Gasteiger partial charge is 0.394 e. The molecule has 1 fully saturated rings. The van der Waals surface area contributed by atoms with Crippen LogP contribution in [0.4, 0.5) is 4.39 Å². The molecule has 9 heteroatoms. The fourth-order valence-electron chi connectivity index (χ4n) is 3.94. The quantitative estimate of drug-likeness (QED) is 0.509. The molecule has 0 aliphatic carbocycles. The summed E-state index contributed by atoms with van der Waals surface area (Å²) in [7, 11) is 0. The molecule has 2 amide bonds. The van der Waals surface area contributed by atoms with E-state index in [0.717, 1.165) is 18.2 Å². The van der Waals surface area contributed by atoms with Gasteiger partial charge in [0.25, 0.3) is 5.91 Å². The van der Waals surface area contributed by atoms with E-state index in [1.165, 1.54) is 18.3 Å². The number of carbonyl (C=O) groups excluding carboxylic acids is 2. The third-order valence-corrected chi connectivity index (χ3v) is 5.75. The number of H-pyrrole nitrogens is 1. The van der Waals surface area contributed by atoms with Crippen molar-refractivity contribution < 1.29 is 19.1 Å². The first-order valence-corrected chi connectivity index (χ1v) is 10.4. The first kappa shape index (κ1) is 21.3. The molecule has 162 valence electrons. The van der Waals surface area contributed by atoms with Gasteiger partial charge in [0.2, 0.25) is 5.91 Å². The van der Waals surface area contributed by atoms with Gasteiger partial charge in [-0.1, -0.05) is 23.7 Å². The standard InChI is InChI=1S/C22H22ClFN4O3/c23-20-10-14-9-17(26-19(14)11-25-20)21(30)27-18(8-13-3-5-15(24)6-4-13)22(31)28-7-1-2-16(28)12-29/h3-6,9-11,16,18,26,29H,1-2,7-8,12H2,(H,27,30)/t16-,18+/m1/s1. The SMILES string of the molecule is O=C(N[C@@H](Cc1ccc(F)cc1)C(=O)N1CCC[C@@H]1CO)c1cc2cc(Cl)ncc2[nH]1. The van der Waals surface area contributed by atoms with Crippen LogP contribution < -0.4 is 5.32 Å². The van der Waals surface area contributed by atoms with Gasteiger partial charge in [-0.15, -0.1) is 0 Å². The molecular weight excluding hydrogens is 423 g/mol. The predicted molar refractivity (Wildman–Crippen MR) is 114 cm³/mol. The van der Waals surface area contributed by atoms with Crippen molar-refractivity contribution in [2.75, 3.05) is 13.2 Å². The summed E-state index contributed by atoms with van der Waals surface area (Å²) in [5.74, 6) is -1.09. The number of aromatic amines is 1. The number of nitrogens with one attached hydrogen (secondary N) is 2. The lowest BCUT2D eigenvalue weighted by Gasteiger charge is -2.28. The van der Waals surface area contributed by atoms with E-state index in [4.69, 9.17) is 11.6 Å². The van der Waals surface area contributed by atoms with Crippen molar-refractivity contribution in [3.05, 3.63) is 64.8 Å². The Morgan fingerprint density at radius 1 is 1.32 bits per heavy atom. The highest BCUT2D eigenvalue weighted by Gasteiger charge is 2.34. The maximum Gasteiger partial charge on any atom is 0.268 e. The highest BCUT2D eigenvalue weighted by atomic mass is 35.5. The Kier molecular flexibility index (Phi) is 6.20. The second-order valence-electron chi connectivity index (χ2n) is 7.64. The number of amides is 2. The second-order valence-corrected chi connectivity index (χ2v) is 8.03. The number of hydrogen-bond acceptors (Lipinski definition) is 4. The lowest BCUT2D eigenvalue weighted by molar-refractivity contribution is -0.134. The molecule has 0 bridgehead atoms. The van der Waals surface area contributed by atoms with E-state index in [0.29, 0.717) is 22.8 Å². The van der Waals surface area contributed by atoms with Crippen LogP contribution >= 0.6 is 11.6 Å². The molecule has 1 aliphatic heterocycles. The minimum atomic E-state index is -0.863. The lowest BCUT2D eigenvalue weighted by atomic mass is 10.0. The number of rotatable bonds is 6. The number of fused-ring (bicyclic) bond motifs is 1. The van der Waals surface area contributed by atoms with E-state index in [2.05, 4.69) is 15.3 Å². The Bertz CT molecular complexity index is 1100. The van der Waals surface area contributed by atoms with Gasteiger partial charge in [0, 0.05) is 18.4 Å². The Hall–Kier alpha value is -2.97. The Morgan fingerprint density at radius 3 is 2.84 bits per heavy atom. The molecule has 1 aliphatic rings. The molecule has 0 unspecified atom stereocenters. The van der Waals surface area contributed by atoms with Crippen molar-refractivity contribution in [3.8, 4) is 0 Å². The number of likely N-dealkylation sites (tertiary alicyclic amines) is 1. The molecule has 4 rings (SSSR count). The summed E-state index contributed by atoms with van der Waals surface area (Å²) in [6.07, 6.45) is 3.25. The average molecular weight is 445 g/mol. The number of pyridine rings is 1. The molecular formula is C22H22ClFN4O3. The number of nitrogens with zero attached hydrogens (tertiary/aromatic N) is 2. The fourth-order valence-corrected chi connectivity index (χ4v) is 4.10. The minimum Gasteiger partial charge on any atom is -0.394 e. The zero-order valence-corrected chi connectivity index (χ0v) is 17.4. The second kappa shape index (κ2) is 9.03. The summed E-state index contributed by atoms with van der Waals surface area (Å²) in [6, 6.07) is 7.97. The van der Waals surface area contributed by atoms with Gasteiger partial charge in [0.05, 0.1) is 24.4 Å². The molecule has 2 aromatic heterocycles. The van der Waals surface area contributed by atoms with Gasteiger partial charge >= 0.3 is 0 Å². The summed E-state index contributed by atoms with van der Waals surface area (Å²) in [6.45, 7) is 0.398. The van der Waals surface area contributed by atoms with Gasteiger partial charge in [-0.25, -0.2) is 9.37 Å². The smallest absolute Gasteiger partial charge is 0.268 e. The van der Waals surface area contributed by atoms with Gasteiger partial charge in [-0.3, -0.25) is 9.59 Å². The van der Waals surface area contributed by atoms with Gasteiger partial charge in [0.1, 0.15) is 22.7 Å². The molecule has 7 nitrogen and oxygen atoms in total. The molecule has 1 saturated heterocycles. The van der Waals surface area contributed by atoms with E-state index in [-0.39, 0.29) is 36.5 Å². The summed E-state index contributed by atoms with van der Waals surface area (Å²) in [5.41, 5.74) is 1.64. The van der Waals surface area contributed by atoms with Crippen LogP contribution in [-0.2, 0) is 11.2 Å². The zero-order chi connectivity index (χ0) is 22.0. The van der Waals surface area contributed by atoms with Crippen LogP contribution in [0.25, 0.3) is 10.9 Å². The summed E-state index contributed by atoms with van der Waals surface area (Å²) in [4.78, 5) is 34.8. The van der Waals surface area contributed by atoms with Crippen molar-refractivity contribution in [1.29, 1.82) is 0 Å². The third-order valence-electron chi connectivity index (χ3n) is 5.54. The minimum absolute atomic E-state index is 0.126.